The van der Waals surface area contributed by atoms with Crippen LogP contribution in [0.4, 0.5) is 5.69 Å². The SMILES string of the molecule is CC.C\C=C/C(=C\C=C\N(C)C)c1sc(-c2cc(C3(C)CCCCC3)cc(C3(C)CCCCC3)c2)nc1-c1ccc(N(C)C)cc1. The fourth-order valence-corrected chi connectivity index (χ4v) is 8.23. The van der Waals surface area contributed by atoms with Gasteiger partial charge in [0.05, 0.1) is 10.6 Å². The van der Waals surface area contributed by atoms with Crippen molar-refractivity contribution in [3.8, 4) is 21.8 Å². The molecule has 1 heterocycles. The van der Waals surface area contributed by atoms with Crippen molar-refractivity contribution in [2.45, 2.75) is 110 Å². The van der Waals surface area contributed by atoms with Gasteiger partial charge >= 0.3 is 0 Å². The molecule has 0 amide bonds. The van der Waals surface area contributed by atoms with Gasteiger partial charge in [-0.3, -0.25) is 0 Å². The number of anilines is 1. The molecule has 3 nitrogen and oxygen atoms in total. The van der Waals surface area contributed by atoms with Gasteiger partial charge in [-0.25, -0.2) is 4.98 Å². The second kappa shape index (κ2) is 16.1. The highest BCUT2D eigenvalue weighted by Gasteiger charge is 2.34. The number of benzene rings is 2. The minimum Gasteiger partial charge on any atom is -0.383 e. The van der Waals surface area contributed by atoms with Crippen molar-refractivity contribution in [3.63, 3.8) is 0 Å². The van der Waals surface area contributed by atoms with E-state index in [1.807, 2.05) is 25.2 Å². The van der Waals surface area contributed by atoms with E-state index in [-0.39, 0.29) is 10.8 Å². The van der Waals surface area contributed by atoms with E-state index in [0.29, 0.717) is 0 Å². The first-order chi connectivity index (χ1) is 22.1. The van der Waals surface area contributed by atoms with Gasteiger partial charge in [0.15, 0.2) is 0 Å². The van der Waals surface area contributed by atoms with Gasteiger partial charge < -0.3 is 9.80 Å². The quantitative estimate of drug-likeness (QED) is 0.218. The third-order valence-electron chi connectivity index (χ3n) is 10.0. The van der Waals surface area contributed by atoms with E-state index in [1.165, 1.54) is 97.0 Å². The Hall–Kier alpha value is -3.11. The maximum absolute atomic E-state index is 5.49. The van der Waals surface area contributed by atoms with Gasteiger partial charge in [0, 0.05) is 45.0 Å². The van der Waals surface area contributed by atoms with Crippen LogP contribution in [0.5, 0.6) is 0 Å². The van der Waals surface area contributed by atoms with E-state index >= 15 is 0 Å². The van der Waals surface area contributed by atoms with Gasteiger partial charge in [-0.05, 0) is 96.7 Å². The predicted octanol–water partition coefficient (Wildman–Crippen LogP) is 12.0. The van der Waals surface area contributed by atoms with Crippen LogP contribution in [0, 0.1) is 0 Å². The van der Waals surface area contributed by atoms with Gasteiger partial charge in [0.2, 0.25) is 0 Å². The molecule has 0 bridgehead atoms. The van der Waals surface area contributed by atoms with E-state index in [1.54, 1.807) is 0 Å². The Morgan fingerprint density at radius 3 is 1.78 bits per heavy atom. The molecule has 0 radical (unpaired) electrons. The van der Waals surface area contributed by atoms with Crippen molar-refractivity contribution in [2.75, 3.05) is 33.1 Å². The highest BCUT2D eigenvalue weighted by atomic mass is 32.1. The van der Waals surface area contributed by atoms with E-state index in [4.69, 9.17) is 4.98 Å². The van der Waals surface area contributed by atoms with Crippen LogP contribution in [-0.2, 0) is 10.8 Å². The molecule has 2 fully saturated rings. The van der Waals surface area contributed by atoms with Crippen molar-refractivity contribution in [3.05, 3.63) is 89.0 Å². The van der Waals surface area contributed by atoms with Crippen molar-refractivity contribution >= 4 is 22.6 Å². The molecule has 248 valence electrons. The molecule has 0 saturated heterocycles. The van der Waals surface area contributed by atoms with E-state index in [9.17, 15) is 0 Å². The molecule has 2 saturated carbocycles. The summed E-state index contributed by atoms with van der Waals surface area (Å²) in [5.74, 6) is 0. The molecule has 46 heavy (non-hydrogen) atoms. The molecule has 1 aromatic heterocycles. The lowest BCUT2D eigenvalue weighted by molar-refractivity contribution is 0.310. The smallest absolute Gasteiger partial charge is 0.124 e. The highest BCUT2D eigenvalue weighted by Crippen LogP contribution is 2.47. The molecule has 5 rings (SSSR count). The minimum absolute atomic E-state index is 0.242. The monoisotopic (exact) mass is 637 g/mol. The van der Waals surface area contributed by atoms with Gasteiger partial charge in [-0.1, -0.05) is 103 Å². The average molecular weight is 638 g/mol. The lowest BCUT2D eigenvalue weighted by Gasteiger charge is -2.38. The molecule has 0 spiro atoms. The van der Waals surface area contributed by atoms with Crippen LogP contribution in [0.1, 0.15) is 115 Å². The second-order valence-electron chi connectivity index (χ2n) is 14.1. The molecular weight excluding hydrogens is 579 g/mol. The van der Waals surface area contributed by atoms with Gasteiger partial charge in [-0.15, -0.1) is 11.3 Å². The predicted molar refractivity (Wildman–Crippen MR) is 205 cm³/mol. The molecule has 0 N–H and O–H groups in total. The highest BCUT2D eigenvalue weighted by molar-refractivity contribution is 7.16. The Kier molecular flexibility index (Phi) is 12.5. The molecular formula is C42H59N3S. The van der Waals surface area contributed by atoms with E-state index in [2.05, 4.69) is 132 Å². The van der Waals surface area contributed by atoms with E-state index in [0.717, 1.165) is 16.3 Å². The molecule has 4 heteroatoms. The van der Waals surface area contributed by atoms with E-state index < -0.39 is 0 Å². The van der Waals surface area contributed by atoms with Crippen molar-refractivity contribution in [1.82, 2.24) is 9.88 Å². The number of thiazole rings is 1. The molecule has 0 aliphatic heterocycles. The Morgan fingerprint density at radius 2 is 1.30 bits per heavy atom. The zero-order valence-corrected chi connectivity index (χ0v) is 31.1. The molecule has 2 aliphatic rings. The van der Waals surface area contributed by atoms with Crippen LogP contribution in [-0.4, -0.2) is 38.1 Å². The summed E-state index contributed by atoms with van der Waals surface area (Å²) >= 11 is 1.84. The van der Waals surface area contributed by atoms with Crippen molar-refractivity contribution in [2.24, 2.45) is 0 Å². The minimum atomic E-state index is 0.242. The van der Waals surface area contributed by atoms with Gasteiger partial charge in [0.1, 0.15) is 5.01 Å². The summed E-state index contributed by atoms with van der Waals surface area (Å²) in [7, 11) is 8.31. The van der Waals surface area contributed by atoms with Gasteiger partial charge in [0.25, 0.3) is 0 Å². The zero-order chi connectivity index (χ0) is 33.3. The van der Waals surface area contributed by atoms with Gasteiger partial charge in [-0.2, -0.15) is 0 Å². The number of hydrogen-bond acceptors (Lipinski definition) is 4. The van der Waals surface area contributed by atoms with Crippen LogP contribution in [0.2, 0.25) is 0 Å². The zero-order valence-electron chi connectivity index (χ0n) is 30.2. The molecule has 0 atom stereocenters. The fourth-order valence-electron chi connectivity index (χ4n) is 7.15. The summed E-state index contributed by atoms with van der Waals surface area (Å²) in [5.41, 5.74) is 9.46. The van der Waals surface area contributed by atoms with Crippen molar-refractivity contribution < 1.29 is 0 Å². The Bertz CT molecular complexity index is 1450. The standard InChI is InChI=1S/C40H53N3S.C2H6/c1-8-16-31(17-15-26-42(4)5)37-36(30-18-20-35(21-19-30)43(6)7)41-38(44-37)32-27-33(39(2)22-11-9-12-23-39)29-34(28-32)40(3)24-13-10-14-25-40;1-2/h8,15-21,26-29H,9-14,22-25H2,1-7H3;1-2H3/b16-8-,26-15+,31-17+;. The maximum atomic E-state index is 5.49. The van der Waals surface area contributed by atoms with Crippen LogP contribution < -0.4 is 4.90 Å². The fraction of sp³-hybridized carbons (Fsp3) is 0.500. The lowest BCUT2D eigenvalue weighted by Crippen LogP contribution is -2.28. The number of hydrogen-bond donors (Lipinski definition) is 0. The van der Waals surface area contributed by atoms with Crippen LogP contribution in [0.3, 0.4) is 0 Å². The first kappa shape index (κ1) is 35.7. The number of nitrogens with zero attached hydrogens (tertiary/aromatic N) is 3. The Balaban J connectivity index is 0.00000235. The molecule has 2 aliphatic carbocycles. The molecule has 2 aromatic carbocycles. The summed E-state index contributed by atoms with van der Waals surface area (Å²) in [6.45, 7) is 11.1. The topological polar surface area (TPSA) is 19.4 Å². The van der Waals surface area contributed by atoms with Crippen molar-refractivity contribution in [1.29, 1.82) is 0 Å². The van der Waals surface area contributed by atoms with Crippen LogP contribution in [0.15, 0.2) is 73.0 Å². The average Bonchev–Trinajstić information content (AvgIpc) is 3.51. The summed E-state index contributed by atoms with van der Waals surface area (Å²) in [6, 6.07) is 16.5. The third-order valence-corrected chi connectivity index (χ3v) is 11.2. The first-order valence-corrected chi connectivity index (χ1v) is 18.6. The first-order valence-electron chi connectivity index (χ1n) is 17.7. The summed E-state index contributed by atoms with van der Waals surface area (Å²) < 4.78 is 0. The third kappa shape index (κ3) is 8.42. The molecule has 3 aromatic rings. The van der Waals surface area contributed by atoms with Crippen LogP contribution >= 0.6 is 11.3 Å². The number of allylic oxidation sites excluding steroid dienone is 5. The van der Waals surface area contributed by atoms with Crippen LogP contribution in [0.25, 0.3) is 27.4 Å². The lowest BCUT2D eigenvalue weighted by atomic mass is 9.67. The Morgan fingerprint density at radius 1 is 0.761 bits per heavy atom. The number of aromatic nitrogens is 1. The number of rotatable bonds is 9. The molecule has 0 unspecified atom stereocenters. The maximum Gasteiger partial charge on any atom is 0.124 e. The normalized spacial score (nSPS) is 18.0. The summed E-state index contributed by atoms with van der Waals surface area (Å²) in [4.78, 5) is 10.9. The second-order valence-corrected chi connectivity index (χ2v) is 15.1. The Labute approximate surface area is 285 Å². The summed E-state index contributed by atoms with van der Waals surface area (Å²) in [5, 5.41) is 1.13. The summed E-state index contributed by atoms with van der Waals surface area (Å²) in [6.07, 6.45) is 24.0. The largest absolute Gasteiger partial charge is 0.383 e.